The van der Waals surface area contributed by atoms with Gasteiger partial charge in [-0.25, -0.2) is 0 Å². The molecule has 1 aliphatic heterocycles. The number of aldehydes is 1. The highest BCUT2D eigenvalue weighted by molar-refractivity contribution is 5.88. The number of aromatic amines is 1. The van der Waals surface area contributed by atoms with E-state index in [0.29, 0.717) is 5.56 Å². The molecule has 1 aliphatic rings. The molecule has 5 heteroatoms. The summed E-state index contributed by atoms with van der Waals surface area (Å²) < 4.78 is 0. The third-order valence-electron chi connectivity index (χ3n) is 4.75. The van der Waals surface area contributed by atoms with Gasteiger partial charge in [-0.3, -0.25) is 9.89 Å². The number of nitrogens with one attached hydrogen (secondary N) is 1. The molecule has 2 atom stereocenters. The molecule has 0 bridgehead atoms. The molecular weight excluding hydrogens is 290 g/mol. The highest BCUT2D eigenvalue weighted by Crippen LogP contribution is 2.48. The van der Waals surface area contributed by atoms with Crippen molar-refractivity contribution in [3.8, 4) is 11.3 Å². The molecule has 1 aromatic heterocycles. The molecule has 0 radical (unpaired) electrons. The summed E-state index contributed by atoms with van der Waals surface area (Å²) >= 11 is 0. The average Bonchev–Trinajstić information content (AvgIpc) is 3.18. The zero-order valence-electron chi connectivity index (χ0n) is 13.8. The maximum atomic E-state index is 11.4. The first kappa shape index (κ1) is 15.7. The van der Waals surface area contributed by atoms with Gasteiger partial charge in [-0.1, -0.05) is 6.92 Å². The van der Waals surface area contributed by atoms with Crippen molar-refractivity contribution in [2.45, 2.75) is 45.2 Å². The molecule has 2 heterocycles. The minimum atomic E-state index is 0.0403. The molecule has 0 aliphatic carbocycles. The fraction of sp³-hybridized carbons (Fsp3) is 0.444. The Morgan fingerprint density at radius 3 is 2.74 bits per heavy atom. The van der Waals surface area contributed by atoms with Crippen LogP contribution < -0.4 is 4.90 Å². The minimum absolute atomic E-state index is 0.0403. The number of aliphatic hydroxyl groups is 1. The number of rotatable bonds is 5. The van der Waals surface area contributed by atoms with E-state index in [1.807, 2.05) is 18.2 Å². The summed E-state index contributed by atoms with van der Waals surface area (Å²) in [5.41, 5.74) is 4.79. The van der Waals surface area contributed by atoms with E-state index >= 15 is 0 Å². The van der Waals surface area contributed by atoms with Crippen LogP contribution in [0.1, 0.15) is 49.0 Å². The number of hydrogen-bond acceptors (Lipinski definition) is 4. The average molecular weight is 313 g/mol. The fourth-order valence-corrected chi connectivity index (χ4v) is 3.85. The standard InChI is InChI=1S/C18H23N3O2/c1-4-13-14-7-12(9-22)8-15(16-5-6-19-20-16)18(14)21(11(2)3)17(13)10-23/h5-9,11,13,17,23H,4,10H2,1-3H3,(H,19,20). The van der Waals surface area contributed by atoms with Crippen molar-refractivity contribution in [2.75, 3.05) is 11.5 Å². The molecule has 122 valence electrons. The number of aliphatic hydroxyl groups excluding tert-OH is 1. The van der Waals surface area contributed by atoms with Gasteiger partial charge >= 0.3 is 0 Å². The quantitative estimate of drug-likeness (QED) is 0.833. The van der Waals surface area contributed by atoms with Gasteiger partial charge in [-0.15, -0.1) is 0 Å². The van der Waals surface area contributed by atoms with Gasteiger partial charge in [0.25, 0.3) is 0 Å². The predicted octanol–water partition coefficient (Wildman–Crippen LogP) is 2.97. The second-order valence-electron chi connectivity index (χ2n) is 6.36. The van der Waals surface area contributed by atoms with E-state index in [2.05, 4.69) is 35.9 Å². The SMILES string of the molecule is CCC1c2cc(C=O)cc(-c3ccn[nH]3)c2N(C(C)C)C1CO. The molecule has 2 N–H and O–H groups in total. The van der Waals surface area contributed by atoms with E-state index in [-0.39, 0.29) is 24.6 Å². The lowest BCUT2D eigenvalue weighted by atomic mass is 9.90. The van der Waals surface area contributed by atoms with Crippen LogP contribution in [0, 0.1) is 0 Å². The summed E-state index contributed by atoms with van der Waals surface area (Å²) in [5, 5.41) is 17.0. The van der Waals surface area contributed by atoms with Gasteiger partial charge < -0.3 is 10.0 Å². The summed E-state index contributed by atoms with van der Waals surface area (Å²) in [4.78, 5) is 13.7. The van der Waals surface area contributed by atoms with Crippen molar-refractivity contribution in [3.05, 3.63) is 35.5 Å². The molecule has 2 aromatic rings. The predicted molar refractivity (Wildman–Crippen MR) is 90.9 cm³/mol. The summed E-state index contributed by atoms with van der Waals surface area (Å²) in [5.74, 6) is 0.221. The molecule has 0 spiro atoms. The molecule has 23 heavy (non-hydrogen) atoms. The van der Waals surface area contributed by atoms with Crippen molar-refractivity contribution in [1.29, 1.82) is 0 Å². The lowest BCUT2D eigenvalue weighted by Gasteiger charge is -2.33. The second kappa shape index (κ2) is 6.16. The number of carbonyl (C=O) groups is 1. The van der Waals surface area contributed by atoms with Gasteiger partial charge in [-0.05, 0) is 44.0 Å². The number of aromatic nitrogens is 2. The first-order valence-corrected chi connectivity index (χ1v) is 8.14. The van der Waals surface area contributed by atoms with Crippen molar-refractivity contribution in [1.82, 2.24) is 10.2 Å². The van der Waals surface area contributed by atoms with Crippen LogP contribution in [-0.2, 0) is 0 Å². The van der Waals surface area contributed by atoms with Crippen LogP contribution in [-0.4, -0.2) is 40.3 Å². The summed E-state index contributed by atoms with van der Waals surface area (Å²) in [6.07, 6.45) is 3.52. The normalized spacial score (nSPS) is 20.1. The molecule has 0 saturated heterocycles. The number of carbonyl (C=O) groups excluding carboxylic acids is 1. The van der Waals surface area contributed by atoms with Crippen LogP contribution >= 0.6 is 0 Å². The Hall–Kier alpha value is -2.14. The van der Waals surface area contributed by atoms with Crippen molar-refractivity contribution in [2.24, 2.45) is 0 Å². The maximum Gasteiger partial charge on any atom is 0.150 e. The zero-order chi connectivity index (χ0) is 16.6. The van der Waals surface area contributed by atoms with Gasteiger partial charge in [0.05, 0.1) is 24.0 Å². The highest BCUT2D eigenvalue weighted by Gasteiger charge is 2.40. The van der Waals surface area contributed by atoms with Crippen molar-refractivity contribution >= 4 is 12.0 Å². The third kappa shape index (κ3) is 2.45. The monoisotopic (exact) mass is 313 g/mol. The van der Waals surface area contributed by atoms with Crippen LogP contribution in [0.3, 0.4) is 0 Å². The zero-order valence-corrected chi connectivity index (χ0v) is 13.8. The Morgan fingerprint density at radius 2 is 2.22 bits per heavy atom. The second-order valence-corrected chi connectivity index (χ2v) is 6.36. The Kier molecular flexibility index (Phi) is 4.22. The van der Waals surface area contributed by atoms with Crippen LogP contribution in [0.25, 0.3) is 11.3 Å². The van der Waals surface area contributed by atoms with Crippen LogP contribution in [0.5, 0.6) is 0 Å². The van der Waals surface area contributed by atoms with Gasteiger partial charge in [-0.2, -0.15) is 5.10 Å². The van der Waals surface area contributed by atoms with E-state index in [4.69, 9.17) is 0 Å². The largest absolute Gasteiger partial charge is 0.394 e. The van der Waals surface area contributed by atoms with Crippen molar-refractivity contribution < 1.29 is 9.90 Å². The Balaban J connectivity index is 2.29. The number of benzene rings is 1. The van der Waals surface area contributed by atoms with Crippen LogP contribution in [0.15, 0.2) is 24.4 Å². The van der Waals surface area contributed by atoms with E-state index in [0.717, 1.165) is 35.2 Å². The number of hydrogen-bond donors (Lipinski definition) is 2. The smallest absolute Gasteiger partial charge is 0.150 e. The van der Waals surface area contributed by atoms with Gasteiger partial charge in [0.2, 0.25) is 0 Å². The molecular formula is C18H23N3O2. The molecule has 1 aromatic carbocycles. The topological polar surface area (TPSA) is 69.2 Å². The van der Waals surface area contributed by atoms with Gasteiger partial charge in [0.1, 0.15) is 6.29 Å². The number of nitrogens with zero attached hydrogens (tertiary/aromatic N) is 2. The number of H-pyrrole nitrogens is 1. The van der Waals surface area contributed by atoms with Gasteiger partial charge in [0, 0.05) is 29.3 Å². The molecule has 5 nitrogen and oxygen atoms in total. The minimum Gasteiger partial charge on any atom is -0.394 e. The number of anilines is 1. The fourth-order valence-electron chi connectivity index (χ4n) is 3.85. The Bertz CT molecular complexity index is 695. The third-order valence-corrected chi connectivity index (χ3v) is 4.75. The Morgan fingerprint density at radius 1 is 1.43 bits per heavy atom. The van der Waals surface area contributed by atoms with E-state index < -0.39 is 0 Å². The van der Waals surface area contributed by atoms with Crippen molar-refractivity contribution in [3.63, 3.8) is 0 Å². The molecule has 2 unspecified atom stereocenters. The molecule has 0 saturated carbocycles. The van der Waals surface area contributed by atoms with E-state index in [9.17, 15) is 9.90 Å². The molecule has 3 rings (SSSR count). The summed E-state index contributed by atoms with van der Waals surface area (Å²) in [7, 11) is 0. The highest BCUT2D eigenvalue weighted by atomic mass is 16.3. The first-order valence-electron chi connectivity index (χ1n) is 8.14. The number of fused-ring (bicyclic) bond motifs is 1. The van der Waals surface area contributed by atoms with Crippen LogP contribution in [0.4, 0.5) is 5.69 Å². The van der Waals surface area contributed by atoms with Crippen LogP contribution in [0.2, 0.25) is 0 Å². The maximum absolute atomic E-state index is 11.4. The lowest BCUT2D eigenvalue weighted by molar-refractivity contribution is 0.112. The first-order chi connectivity index (χ1) is 11.1. The van der Waals surface area contributed by atoms with E-state index in [1.54, 1.807) is 6.20 Å². The summed E-state index contributed by atoms with van der Waals surface area (Å²) in [6.45, 7) is 6.50. The Labute approximate surface area is 136 Å². The summed E-state index contributed by atoms with van der Waals surface area (Å²) in [6, 6.07) is 6.09. The van der Waals surface area contributed by atoms with E-state index in [1.165, 1.54) is 0 Å². The molecule has 0 amide bonds. The molecule has 0 fully saturated rings. The van der Waals surface area contributed by atoms with Gasteiger partial charge in [0.15, 0.2) is 0 Å². The lowest BCUT2D eigenvalue weighted by Crippen LogP contribution is -2.41.